The van der Waals surface area contributed by atoms with Crippen LogP contribution in [0, 0.1) is 5.82 Å². The van der Waals surface area contributed by atoms with Crippen LogP contribution in [0.15, 0.2) is 36.4 Å². The highest BCUT2D eigenvalue weighted by Crippen LogP contribution is 2.28. The molecule has 1 amide bonds. The number of halogens is 1. The van der Waals surface area contributed by atoms with Crippen molar-refractivity contribution in [3.63, 3.8) is 0 Å². The van der Waals surface area contributed by atoms with Crippen molar-refractivity contribution >= 4 is 5.91 Å². The number of nitrogens with one attached hydrogen (secondary N) is 1. The SMILES string of the molecule is CCc1ccc(C(=O)N2CC[C@H](c3ccc(F)cc3)C2)[nH]1. The number of H-pyrrole nitrogens is 1. The standard InChI is InChI=1S/C17H19FN2O/c1-2-15-7-8-16(19-15)17(21)20-10-9-13(11-20)12-3-5-14(18)6-4-12/h3-8,13,19H,2,9-11H2,1H3/t13-/m0/s1. The van der Waals surface area contributed by atoms with E-state index in [9.17, 15) is 9.18 Å². The highest BCUT2D eigenvalue weighted by Gasteiger charge is 2.28. The molecular formula is C17H19FN2O. The summed E-state index contributed by atoms with van der Waals surface area (Å²) in [5, 5.41) is 0. The Morgan fingerprint density at radius 2 is 2.05 bits per heavy atom. The minimum absolute atomic E-state index is 0.0549. The van der Waals surface area contributed by atoms with Crippen molar-refractivity contribution in [3.05, 3.63) is 59.2 Å². The molecule has 1 aromatic heterocycles. The Hall–Kier alpha value is -2.10. The number of carbonyl (C=O) groups is 1. The van der Waals surface area contributed by atoms with Crippen LogP contribution in [-0.4, -0.2) is 28.9 Å². The van der Waals surface area contributed by atoms with Crippen molar-refractivity contribution in [3.8, 4) is 0 Å². The molecule has 21 heavy (non-hydrogen) atoms. The molecule has 1 aliphatic rings. The molecule has 1 atom stereocenters. The second-order valence-electron chi connectivity index (χ2n) is 5.54. The zero-order valence-corrected chi connectivity index (χ0v) is 12.1. The predicted octanol–water partition coefficient (Wildman–Crippen LogP) is 3.35. The van der Waals surface area contributed by atoms with E-state index in [4.69, 9.17) is 0 Å². The van der Waals surface area contributed by atoms with Crippen molar-refractivity contribution in [2.75, 3.05) is 13.1 Å². The van der Waals surface area contributed by atoms with Crippen LogP contribution in [0.1, 0.15) is 41.0 Å². The van der Waals surface area contributed by atoms with E-state index in [2.05, 4.69) is 11.9 Å². The molecule has 3 nitrogen and oxygen atoms in total. The van der Waals surface area contributed by atoms with Crippen LogP contribution in [0.2, 0.25) is 0 Å². The highest BCUT2D eigenvalue weighted by molar-refractivity contribution is 5.92. The van der Waals surface area contributed by atoms with Gasteiger partial charge >= 0.3 is 0 Å². The summed E-state index contributed by atoms with van der Waals surface area (Å²) in [6.45, 7) is 3.51. The summed E-state index contributed by atoms with van der Waals surface area (Å²) < 4.78 is 13.0. The summed E-state index contributed by atoms with van der Waals surface area (Å²) in [5.41, 5.74) is 2.84. The third kappa shape index (κ3) is 2.84. The first-order valence-electron chi connectivity index (χ1n) is 7.40. The molecule has 0 spiro atoms. The highest BCUT2D eigenvalue weighted by atomic mass is 19.1. The molecule has 110 valence electrons. The van der Waals surface area contributed by atoms with Gasteiger partial charge in [-0.05, 0) is 42.7 Å². The summed E-state index contributed by atoms with van der Waals surface area (Å²) in [5.74, 6) is 0.137. The minimum Gasteiger partial charge on any atom is -0.354 e. The van der Waals surface area contributed by atoms with E-state index >= 15 is 0 Å². The lowest BCUT2D eigenvalue weighted by molar-refractivity contribution is 0.0785. The Balaban J connectivity index is 1.69. The number of hydrogen-bond acceptors (Lipinski definition) is 1. The second kappa shape index (κ2) is 5.72. The largest absolute Gasteiger partial charge is 0.354 e. The van der Waals surface area contributed by atoms with Gasteiger partial charge in [0.2, 0.25) is 0 Å². The number of likely N-dealkylation sites (tertiary alicyclic amines) is 1. The first-order valence-corrected chi connectivity index (χ1v) is 7.40. The average molecular weight is 286 g/mol. The van der Waals surface area contributed by atoms with Crippen molar-refractivity contribution in [2.45, 2.75) is 25.7 Å². The first-order chi connectivity index (χ1) is 10.2. The van der Waals surface area contributed by atoms with Crippen LogP contribution in [0.5, 0.6) is 0 Å². The summed E-state index contributed by atoms with van der Waals surface area (Å²) >= 11 is 0. The summed E-state index contributed by atoms with van der Waals surface area (Å²) in [6, 6.07) is 10.4. The molecule has 0 aliphatic carbocycles. The number of rotatable bonds is 3. The number of aromatic nitrogens is 1. The van der Waals surface area contributed by atoms with Crippen molar-refractivity contribution in [2.24, 2.45) is 0 Å². The van der Waals surface area contributed by atoms with Crippen LogP contribution in [0.25, 0.3) is 0 Å². The quantitative estimate of drug-likeness (QED) is 0.923. The molecule has 1 saturated heterocycles. The lowest BCUT2D eigenvalue weighted by Crippen LogP contribution is -2.28. The monoisotopic (exact) mass is 286 g/mol. The molecule has 1 aliphatic heterocycles. The number of hydrogen-bond donors (Lipinski definition) is 1. The topological polar surface area (TPSA) is 36.1 Å². The van der Waals surface area contributed by atoms with E-state index in [1.807, 2.05) is 29.2 Å². The zero-order chi connectivity index (χ0) is 14.8. The normalized spacial score (nSPS) is 18.2. The maximum atomic E-state index is 13.0. The second-order valence-corrected chi connectivity index (χ2v) is 5.54. The molecule has 3 rings (SSSR count). The number of aromatic amines is 1. The van der Waals surface area contributed by atoms with Crippen molar-refractivity contribution < 1.29 is 9.18 Å². The van der Waals surface area contributed by atoms with Gasteiger partial charge in [-0.1, -0.05) is 19.1 Å². The molecule has 2 heterocycles. The molecule has 0 unspecified atom stereocenters. The van der Waals surface area contributed by atoms with Gasteiger partial charge in [0.1, 0.15) is 11.5 Å². The summed E-state index contributed by atoms with van der Waals surface area (Å²) in [7, 11) is 0. The number of aryl methyl sites for hydroxylation is 1. The maximum Gasteiger partial charge on any atom is 0.270 e. The Bertz CT molecular complexity index is 632. The summed E-state index contributed by atoms with van der Waals surface area (Å²) in [4.78, 5) is 17.5. The summed E-state index contributed by atoms with van der Waals surface area (Å²) in [6.07, 6.45) is 1.82. The van der Waals surface area contributed by atoms with E-state index in [0.717, 1.165) is 30.6 Å². The Morgan fingerprint density at radius 1 is 1.29 bits per heavy atom. The molecule has 0 bridgehead atoms. The molecule has 2 aromatic rings. The van der Waals surface area contributed by atoms with E-state index in [1.54, 1.807) is 0 Å². The van der Waals surface area contributed by atoms with Crippen molar-refractivity contribution in [1.29, 1.82) is 0 Å². The van der Waals surface area contributed by atoms with Gasteiger partial charge in [0.05, 0.1) is 0 Å². The van der Waals surface area contributed by atoms with E-state index in [1.165, 1.54) is 12.1 Å². The Labute approximate surface area is 123 Å². The van der Waals surface area contributed by atoms with Crippen LogP contribution in [0.3, 0.4) is 0 Å². The third-order valence-electron chi connectivity index (χ3n) is 4.17. The smallest absolute Gasteiger partial charge is 0.270 e. The van der Waals surface area contributed by atoms with Gasteiger partial charge < -0.3 is 9.88 Å². The molecule has 4 heteroatoms. The lowest BCUT2D eigenvalue weighted by Gasteiger charge is -2.16. The molecule has 1 aromatic carbocycles. The zero-order valence-electron chi connectivity index (χ0n) is 12.1. The fraction of sp³-hybridized carbons (Fsp3) is 0.353. The van der Waals surface area contributed by atoms with Crippen LogP contribution < -0.4 is 0 Å². The number of carbonyl (C=O) groups excluding carboxylic acids is 1. The van der Waals surface area contributed by atoms with E-state index in [-0.39, 0.29) is 11.7 Å². The molecule has 1 fully saturated rings. The third-order valence-corrected chi connectivity index (χ3v) is 4.17. The minimum atomic E-state index is -0.219. The van der Waals surface area contributed by atoms with E-state index < -0.39 is 0 Å². The van der Waals surface area contributed by atoms with E-state index in [0.29, 0.717) is 18.2 Å². The van der Waals surface area contributed by atoms with Gasteiger partial charge in [-0.25, -0.2) is 4.39 Å². The van der Waals surface area contributed by atoms with Gasteiger partial charge in [-0.15, -0.1) is 0 Å². The first kappa shape index (κ1) is 13.9. The molecular weight excluding hydrogens is 267 g/mol. The molecule has 0 saturated carbocycles. The van der Waals surface area contributed by atoms with Crippen LogP contribution >= 0.6 is 0 Å². The predicted molar refractivity (Wildman–Crippen MR) is 79.8 cm³/mol. The Kier molecular flexibility index (Phi) is 3.78. The van der Waals surface area contributed by atoms with Crippen molar-refractivity contribution in [1.82, 2.24) is 9.88 Å². The average Bonchev–Trinajstić information content (AvgIpc) is 3.16. The molecule has 1 N–H and O–H groups in total. The van der Waals surface area contributed by atoms with Crippen LogP contribution in [-0.2, 0) is 6.42 Å². The van der Waals surface area contributed by atoms with Gasteiger partial charge in [0.15, 0.2) is 0 Å². The van der Waals surface area contributed by atoms with Gasteiger partial charge in [-0.2, -0.15) is 0 Å². The number of benzene rings is 1. The van der Waals surface area contributed by atoms with Gasteiger partial charge in [-0.3, -0.25) is 4.79 Å². The molecule has 0 radical (unpaired) electrons. The fourth-order valence-corrected chi connectivity index (χ4v) is 2.89. The number of amides is 1. The lowest BCUT2D eigenvalue weighted by atomic mass is 9.99. The van der Waals surface area contributed by atoms with Gasteiger partial charge in [0.25, 0.3) is 5.91 Å². The fourth-order valence-electron chi connectivity index (χ4n) is 2.89. The Morgan fingerprint density at radius 3 is 2.71 bits per heavy atom. The number of nitrogens with zero attached hydrogens (tertiary/aromatic N) is 1. The maximum absolute atomic E-state index is 13.0. The van der Waals surface area contributed by atoms with Crippen LogP contribution in [0.4, 0.5) is 4.39 Å². The van der Waals surface area contributed by atoms with Gasteiger partial charge in [0, 0.05) is 24.7 Å².